The largest absolute Gasteiger partial charge is 0.344 e. The minimum atomic E-state index is -0.345. The van der Waals surface area contributed by atoms with Gasteiger partial charge in [0, 0.05) is 53.6 Å². The van der Waals surface area contributed by atoms with Gasteiger partial charge in [0.2, 0.25) is 0 Å². The zero-order chi connectivity index (χ0) is 40.5. The summed E-state index contributed by atoms with van der Waals surface area (Å²) < 4.78 is 2.43. The number of thiophene rings is 1. The van der Waals surface area contributed by atoms with Crippen molar-refractivity contribution < 1.29 is 0 Å². The number of benzene rings is 8. The fraction of sp³-hybridized carbons (Fsp3) is 0.0185. The van der Waals surface area contributed by atoms with Crippen molar-refractivity contribution >= 4 is 43.2 Å². The van der Waals surface area contributed by atoms with Crippen LogP contribution in [0.25, 0.3) is 76.6 Å². The topological polar surface area (TPSA) is 75.4 Å². The predicted molar refractivity (Wildman–Crippen MR) is 252 cm³/mol. The van der Waals surface area contributed by atoms with Gasteiger partial charge in [-0.15, -0.1) is 11.3 Å². The standard InChI is InChI=1S/C54H36N6S/c1-6-18-35(19-7-1)41-32-33-43(48-47(41)44-28-16-17-29-46(44)61-48)42-31-30-40(53-57-49(36-20-8-2-9-21-36)55-50(58-53)37-22-10-3-11-23-37)34-45(42)54-59-51(38-24-12-4-13-25-38)56-52(60-54)39-26-14-5-15-27-39/h1-34,49H,(H,55,57,58). The van der Waals surface area contributed by atoms with Gasteiger partial charge in [-0.25, -0.2) is 24.9 Å². The van der Waals surface area contributed by atoms with Gasteiger partial charge in [0.25, 0.3) is 0 Å². The number of hydrogen-bond donors (Lipinski definition) is 1. The Labute approximate surface area is 357 Å². The van der Waals surface area contributed by atoms with E-state index < -0.39 is 0 Å². The lowest BCUT2D eigenvalue weighted by Gasteiger charge is -2.24. The third-order valence-corrected chi connectivity index (χ3v) is 12.2. The maximum absolute atomic E-state index is 5.28. The van der Waals surface area contributed by atoms with E-state index in [0.29, 0.717) is 23.3 Å². The van der Waals surface area contributed by atoms with Crippen molar-refractivity contribution in [2.75, 3.05) is 0 Å². The minimum absolute atomic E-state index is 0.345. The monoisotopic (exact) mass is 800 g/mol. The average Bonchev–Trinajstić information content (AvgIpc) is 3.75. The van der Waals surface area contributed by atoms with Crippen LogP contribution in [-0.2, 0) is 0 Å². The smallest absolute Gasteiger partial charge is 0.164 e. The molecule has 0 aliphatic carbocycles. The molecule has 0 radical (unpaired) electrons. The van der Waals surface area contributed by atoms with Gasteiger partial charge in [-0.3, -0.25) is 0 Å². The summed E-state index contributed by atoms with van der Waals surface area (Å²) in [6, 6.07) is 71.1. The second-order valence-corrected chi connectivity index (χ2v) is 15.9. The zero-order valence-electron chi connectivity index (χ0n) is 32.9. The predicted octanol–water partition coefficient (Wildman–Crippen LogP) is 13.1. The van der Waals surface area contributed by atoms with Crippen LogP contribution in [0, 0.1) is 0 Å². The van der Waals surface area contributed by atoms with Gasteiger partial charge in [0.1, 0.15) is 12.0 Å². The molecular formula is C54H36N6S. The third kappa shape index (κ3) is 6.97. The minimum Gasteiger partial charge on any atom is -0.344 e. The van der Waals surface area contributed by atoms with E-state index in [-0.39, 0.29) is 6.17 Å². The Morgan fingerprint density at radius 3 is 1.59 bits per heavy atom. The molecule has 2 aromatic heterocycles. The molecule has 10 aromatic rings. The van der Waals surface area contributed by atoms with Gasteiger partial charge in [-0.2, -0.15) is 0 Å². The first-order valence-corrected chi connectivity index (χ1v) is 21.1. The molecule has 0 amide bonds. The molecule has 61 heavy (non-hydrogen) atoms. The van der Waals surface area contributed by atoms with E-state index in [1.54, 1.807) is 0 Å². The van der Waals surface area contributed by atoms with Gasteiger partial charge in [0.05, 0.1) is 0 Å². The van der Waals surface area contributed by atoms with Crippen LogP contribution in [0.4, 0.5) is 0 Å². The molecule has 6 nitrogen and oxygen atoms in total. The molecule has 0 bridgehead atoms. The number of hydrogen-bond acceptors (Lipinski definition) is 7. The summed E-state index contributed by atoms with van der Waals surface area (Å²) in [5, 5.41) is 6.07. The average molecular weight is 801 g/mol. The Balaban J connectivity index is 1.18. The molecule has 11 rings (SSSR count). The molecule has 1 N–H and O–H groups in total. The van der Waals surface area contributed by atoms with E-state index in [9.17, 15) is 0 Å². The van der Waals surface area contributed by atoms with Crippen LogP contribution < -0.4 is 5.32 Å². The van der Waals surface area contributed by atoms with Crippen molar-refractivity contribution in [2.24, 2.45) is 9.98 Å². The fourth-order valence-corrected chi connectivity index (χ4v) is 9.31. The summed E-state index contributed by atoms with van der Waals surface area (Å²) in [6.45, 7) is 0. The summed E-state index contributed by atoms with van der Waals surface area (Å²) in [4.78, 5) is 26.1. The summed E-state index contributed by atoms with van der Waals surface area (Å²) in [5.41, 5.74) is 10.0. The molecule has 0 saturated heterocycles. The van der Waals surface area contributed by atoms with Crippen LogP contribution in [0.3, 0.4) is 0 Å². The van der Waals surface area contributed by atoms with Crippen molar-refractivity contribution in [1.29, 1.82) is 0 Å². The van der Waals surface area contributed by atoms with Crippen LogP contribution in [0.15, 0.2) is 216 Å². The Morgan fingerprint density at radius 2 is 0.934 bits per heavy atom. The Morgan fingerprint density at radius 1 is 0.410 bits per heavy atom. The van der Waals surface area contributed by atoms with E-state index in [1.807, 2.05) is 108 Å². The van der Waals surface area contributed by atoms with Crippen molar-refractivity contribution in [1.82, 2.24) is 20.3 Å². The molecule has 1 unspecified atom stereocenters. The number of aliphatic imine (C=N–C) groups is 2. The highest BCUT2D eigenvalue weighted by atomic mass is 32.1. The highest BCUT2D eigenvalue weighted by Gasteiger charge is 2.25. The number of nitrogens with one attached hydrogen (secondary N) is 1. The Hall–Kier alpha value is -7.87. The first-order chi connectivity index (χ1) is 30.2. The number of fused-ring (bicyclic) bond motifs is 3. The molecule has 7 heteroatoms. The van der Waals surface area contributed by atoms with Crippen molar-refractivity contribution in [3.63, 3.8) is 0 Å². The van der Waals surface area contributed by atoms with E-state index in [0.717, 1.165) is 50.3 Å². The number of rotatable bonds is 8. The summed E-state index contributed by atoms with van der Waals surface area (Å²) in [7, 11) is 0. The maximum Gasteiger partial charge on any atom is 0.164 e. The first kappa shape index (κ1) is 36.2. The Kier molecular flexibility index (Phi) is 9.33. The number of aromatic nitrogens is 3. The molecule has 3 heterocycles. The molecule has 1 aliphatic heterocycles. The number of amidine groups is 2. The quantitative estimate of drug-likeness (QED) is 0.166. The second-order valence-electron chi connectivity index (χ2n) is 14.9. The van der Waals surface area contributed by atoms with Crippen molar-refractivity contribution in [3.05, 3.63) is 223 Å². The highest BCUT2D eigenvalue weighted by molar-refractivity contribution is 7.26. The van der Waals surface area contributed by atoms with Gasteiger partial charge in [-0.05, 0) is 34.4 Å². The lowest BCUT2D eigenvalue weighted by Crippen LogP contribution is -2.33. The Bertz CT molecular complexity index is 3200. The summed E-state index contributed by atoms with van der Waals surface area (Å²) in [6.07, 6.45) is -0.345. The first-order valence-electron chi connectivity index (χ1n) is 20.3. The van der Waals surface area contributed by atoms with E-state index in [4.69, 9.17) is 24.9 Å². The zero-order valence-corrected chi connectivity index (χ0v) is 33.7. The highest BCUT2D eigenvalue weighted by Crippen LogP contribution is 2.47. The maximum atomic E-state index is 5.28. The van der Waals surface area contributed by atoms with E-state index >= 15 is 0 Å². The second kappa shape index (κ2) is 15.7. The summed E-state index contributed by atoms with van der Waals surface area (Å²) >= 11 is 1.82. The molecule has 0 spiro atoms. The van der Waals surface area contributed by atoms with Gasteiger partial charge in [-0.1, -0.05) is 194 Å². The molecule has 1 atom stereocenters. The lowest BCUT2D eigenvalue weighted by molar-refractivity contribution is 0.674. The van der Waals surface area contributed by atoms with Crippen LogP contribution in [-0.4, -0.2) is 26.6 Å². The molecule has 8 aromatic carbocycles. The van der Waals surface area contributed by atoms with E-state index in [1.165, 1.54) is 31.3 Å². The van der Waals surface area contributed by atoms with Crippen molar-refractivity contribution in [3.8, 4) is 56.4 Å². The van der Waals surface area contributed by atoms with Gasteiger partial charge >= 0.3 is 0 Å². The van der Waals surface area contributed by atoms with Crippen LogP contribution >= 0.6 is 11.3 Å². The van der Waals surface area contributed by atoms with Crippen molar-refractivity contribution in [2.45, 2.75) is 6.17 Å². The number of nitrogens with zero attached hydrogens (tertiary/aromatic N) is 5. The lowest BCUT2D eigenvalue weighted by atomic mass is 9.91. The SMILES string of the molecule is c1ccc(C2=NC(c3ccc(-c4ccc(-c5ccccc5)c5c4sc4ccccc45)c(-c4nc(-c5ccccc5)nc(-c5ccccc5)n4)c3)=NC(c3ccccc3)N2)cc1. The normalized spacial score (nSPS) is 13.7. The molecule has 1 aliphatic rings. The van der Waals surface area contributed by atoms with Crippen LogP contribution in [0.5, 0.6) is 0 Å². The molecule has 0 saturated carbocycles. The van der Waals surface area contributed by atoms with Gasteiger partial charge < -0.3 is 5.32 Å². The molecular weight excluding hydrogens is 765 g/mol. The van der Waals surface area contributed by atoms with Crippen LogP contribution in [0.2, 0.25) is 0 Å². The fourth-order valence-electron chi connectivity index (χ4n) is 8.06. The third-order valence-electron chi connectivity index (χ3n) is 11.0. The summed E-state index contributed by atoms with van der Waals surface area (Å²) in [5.74, 6) is 3.13. The van der Waals surface area contributed by atoms with Gasteiger partial charge in [0.15, 0.2) is 23.3 Å². The van der Waals surface area contributed by atoms with Crippen LogP contribution in [0.1, 0.15) is 22.9 Å². The van der Waals surface area contributed by atoms with E-state index in [2.05, 4.69) is 115 Å². The molecule has 0 fully saturated rings. The molecule has 288 valence electrons.